The van der Waals surface area contributed by atoms with Crippen LogP contribution in [0.1, 0.15) is 10.4 Å². The van der Waals surface area contributed by atoms with Crippen molar-refractivity contribution in [2.45, 2.75) is 0 Å². The minimum absolute atomic E-state index is 0.0290. The molecule has 0 saturated carbocycles. The summed E-state index contributed by atoms with van der Waals surface area (Å²) in [6.45, 7) is 0. The fourth-order valence-electron chi connectivity index (χ4n) is 2.49. The third kappa shape index (κ3) is 2.73. The highest BCUT2D eigenvalue weighted by Crippen LogP contribution is 2.35. The van der Waals surface area contributed by atoms with Gasteiger partial charge in [-0.2, -0.15) is 0 Å². The summed E-state index contributed by atoms with van der Waals surface area (Å²) in [7, 11) is 3.83. The number of pyridine rings is 1. The summed E-state index contributed by atoms with van der Waals surface area (Å²) in [5.74, 6) is -1.08. The quantitative estimate of drug-likeness (QED) is 0.778. The lowest BCUT2D eigenvalue weighted by Gasteiger charge is -2.15. The van der Waals surface area contributed by atoms with Crippen LogP contribution >= 0.6 is 11.6 Å². The SMILES string of the molecule is CN(C)c1ccc2nc(-c3ccccc3)c(C(=O)O)c(Cl)c2c1. The van der Waals surface area contributed by atoms with Gasteiger partial charge in [0.05, 0.1) is 16.2 Å². The molecule has 0 spiro atoms. The molecule has 2 aromatic carbocycles. The van der Waals surface area contributed by atoms with Crippen LogP contribution in [0.4, 0.5) is 5.69 Å². The molecular weight excluding hydrogens is 312 g/mol. The average molecular weight is 327 g/mol. The molecule has 0 fully saturated rings. The second kappa shape index (κ2) is 5.89. The second-order valence-electron chi connectivity index (χ2n) is 5.42. The number of halogens is 1. The van der Waals surface area contributed by atoms with Crippen molar-refractivity contribution < 1.29 is 9.90 Å². The van der Waals surface area contributed by atoms with E-state index >= 15 is 0 Å². The van der Waals surface area contributed by atoms with E-state index in [1.807, 2.05) is 67.5 Å². The molecule has 0 aliphatic carbocycles. The number of nitrogens with zero attached hydrogens (tertiary/aromatic N) is 2. The first kappa shape index (κ1) is 15.3. The van der Waals surface area contributed by atoms with Crippen molar-refractivity contribution in [2.75, 3.05) is 19.0 Å². The minimum Gasteiger partial charge on any atom is -0.478 e. The van der Waals surface area contributed by atoms with Crippen LogP contribution in [0, 0.1) is 0 Å². The summed E-state index contributed by atoms with van der Waals surface area (Å²) in [5.41, 5.74) is 2.74. The molecule has 0 unspecified atom stereocenters. The van der Waals surface area contributed by atoms with Crippen LogP contribution < -0.4 is 4.90 Å². The Morgan fingerprint density at radius 1 is 1.13 bits per heavy atom. The Labute approximate surface area is 139 Å². The van der Waals surface area contributed by atoms with E-state index in [1.54, 1.807) is 0 Å². The number of aromatic carboxylic acids is 1. The highest BCUT2D eigenvalue weighted by molar-refractivity contribution is 6.39. The van der Waals surface area contributed by atoms with Gasteiger partial charge in [0.25, 0.3) is 0 Å². The summed E-state index contributed by atoms with van der Waals surface area (Å²) in [5, 5.41) is 10.5. The Morgan fingerprint density at radius 2 is 1.83 bits per heavy atom. The lowest BCUT2D eigenvalue weighted by atomic mass is 10.0. The number of fused-ring (bicyclic) bond motifs is 1. The zero-order valence-electron chi connectivity index (χ0n) is 12.7. The zero-order chi connectivity index (χ0) is 16.6. The minimum atomic E-state index is -1.08. The van der Waals surface area contributed by atoms with E-state index in [4.69, 9.17) is 11.6 Å². The maximum atomic E-state index is 11.7. The molecular formula is C18H15ClN2O2. The van der Waals surface area contributed by atoms with Gasteiger partial charge >= 0.3 is 5.97 Å². The van der Waals surface area contributed by atoms with Gasteiger partial charge in [-0.05, 0) is 18.2 Å². The van der Waals surface area contributed by atoms with Crippen LogP contribution in [-0.2, 0) is 0 Å². The molecule has 3 rings (SSSR count). The van der Waals surface area contributed by atoms with Crippen molar-refractivity contribution in [3.05, 3.63) is 59.1 Å². The summed E-state index contributed by atoms with van der Waals surface area (Å²) in [6, 6.07) is 14.8. The summed E-state index contributed by atoms with van der Waals surface area (Å²) in [6.07, 6.45) is 0. The average Bonchev–Trinajstić information content (AvgIpc) is 2.54. The smallest absolute Gasteiger partial charge is 0.339 e. The molecule has 116 valence electrons. The maximum absolute atomic E-state index is 11.7. The standard InChI is InChI=1S/C18H15ClN2O2/c1-21(2)12-8-9-14-13(10-12)16(19)15(18(22)23)17(20-14)11-6-4-3-5-7-11/h3-10H,1-2H3,(H,22,23). The lowest BCUT2D eigenvalue weighted by molar-refractivity contribution is 0.0698. The van der Waals surface area contributed by atoms with Crippen molar-refractivity contribution in [1.82, 2.24) is 4.98 Å². The number of carboxylic acids is 1. The third-order valence-electron chi connectivity index (χ3n) is 3.68. The number of carboxylic acid groups (broad SMARTS) is 1. The van der Waals surface area contributed by atoms with Gasteiger partial charge < -0.3 is 10.0 Å². The molecule has 5 heteroatoms. The van der Waals surface area contributed by atoms with E-state index < -0.39 is 5.97 Å². The number of carbonyl (C=O) groups is 1. The van der Waals surface area contributed by atoms with Gasteiger partial charge in [-0.15, -0.1) is 0 Å². The normalized spacial score (nSPS) is 10.7. The first-order valence-corrected chi connectivity index (χ1v) is 7.46. The Kier molecular flexibility index (Phi) is 3.92. The van der Waals surface area contributed by atoms with Gasteiger partial charge in [-0.3, -0.25) is 0 Å². The van der Waals surface area contributed by atoms with E-state index in [9.17, 15) is 9.90 Å². The molecule has 1 heterocycles. The molecule has 0 saturated heterocycles. The number of aromatic nitrogens is 1. The summed E-state index contributed by atoms with van der Waals surface area (Å²) < 4.78 is 0. The van der Waals surface area contributed by atoms with Crippen LogP contribution in [0.2, 0.25) is 5.02 Å². The van der Waals surface area contributed by atoms with Crippen LogP contribution in [-0.4, -0.2) is 30.2 Å². The predicted molar refractivity (Wildman–Crippen MR) is 93.5 cm³/mol. The fraction of sp³-hybridized carbons (Fsp3) is 0.111. The van der Waals surface area contributed by atoms with Crippen molar-refractivity contribution >= 4 is 34.2 Å². The van der Waals surface area contributed by atoms with Gasteiger partial charge in [0.1, 0.15) is 5.56 Å². The van der Waals surface area contributed by atoms with E-state index in [1.165, 1.54) is 0 Å². The summed E-state index contributed by atoms with van der Waals surface area (Å²) in [4.78, 5) is 18.2. The highest BCUT2D eigenvalue weighted by Gasteiger charge is 2.21. The first-order chi connectivity index (χ1) is 11.0. The molecule has 0 aliphatic heterocycles. The molecule has 1 aromatic heterocycles. The molecule has 1 N–H and O–H groups in total. The van der Waals surface area contributed by atoms with Crippen LogP contribution in [0.25, 0.3) is 22.2 Å². The monoisotopic (exact) mass is 326 g/mol. The molecule has 3 aromatic rings. The summed E-state index contributed by atoms with van der Waals surface area (Å²) >= 11 is 6.43. The Morgan fingerprint density at radius 3 is 2.43 bits per heavy atom. The Hall–Kier alpha value is -2.59. The molecule has 0 atom stereocenters. The van der Waals surface area contributed by atoms with E-state index in [-0.39, 0.29) is 10.6 Å². The largest absolute Gasteiger partial charge is 0.478 e. The predicted octanol–water partition coefficient (Wildman–Crippen LogP) is 4.32. The molecule has 23 heavy (non-hydrogen) atoms. The molecule has 0 aliphatic rings. The Balaban J connectivity index is 2.36. The number of anilines is 1. The Bertz CT molecular complexity index is 892. The van der Waals surface area contributed by atoms with Crippen molar-refractivity contribution in [2.24, 2.45) is 0 Å². The van der Waals surface area contributed by atoms with E-state index in [0.29, 0.717) is 16.6 Å². The van der Waals surface area contributed by atoms with Crippen molar-refractivity contribution in [3.8, 4) is 11.3 Å². The number of hydrogen-bond acceptors (Lipinski definition) is 3. The van der Waals surface area contributed by atoms with Crippen molar-refractivity contribution in [1.29, 1.82) is 0 Å². The van der Waals surface area contributed by atoms with Gasteiger partial charge in [0.15, 0.2) is 0 Å². The number of rotatable bonds is 3. The molecule has 0 radical (unpaired) electrons. The van der Waals surface area contributed by atoms with E-state index in [0.717, 1.165) is 11.3 Å². The zero-order valence-corrected chi connectivity index (χ0v) is 13.5. The van der Waals surface area contributed by atoms with Gasteiger partial charge in [-0.25, -0.2) is 9.78 Å². The van der Waals surface area contributed by atoms with Gasteiger partial charge in [0.2, 0.25) is 0 Å². The number of benzene rings is 2. The first-order valence-electron chi connectivity index (χ1n) is 7.08. The van der Waals surface area contributed by atoms with E-state index in [2.05, 4.69) is 4.98 Å². The van der Waals surface area contributed by atoms with Crippen LogP contribution in [0.5, 0.6) is 0 Å². The van der Waals surface area contributed by atoms with Gasteiger partial charge in [-0.1, -0.05) is 41.9 Å². The second-order valence-corrected chi connectivity index (χ2v) is 5.79. The third-order valence-corrected chi connectivity index (χ3v) is 4.08. The maximum Gasteiger partial charge on any atom is 0.339 e. The van der Waals surface area contributed by atoms with Crippen molar-refractivity contribution in [3.63, 3.8) is 0 Å². The number of hydrogen-bond donors (Lipinski definition) is 1. The highest BCUT2D eigenvalue weighted by atomic mass is 35.5. The van der Waals surface area contributed by atoms with Crippen LogP contribution in [0.15, 0.2) is 48.5 Å². The topological polar surface area (TPSA) is 53.4 Å². The lowest BCUT2D eigenvalue weighted by Crippen LogP contribution is -2.09. The molecule has 4 nitrogen and oxygen atoms in total. The molecule has 0 amide bonds. The van der Waals surface area contributed by atoms with Gasteiger partial charge in [0, 0.05) is 30.7 Å². The fourth-order valence-corrected chi connectivity index (χ4v) is 2.81. The molecule has 0 bridgehead atoms. The van der Waals surface area contributed by atoms with Crippen LogP contribution in [0.3, 0.4) is 0 Å².